The van der Waals surface area contributed by atoms with Gasteiger partial charge in [-0.05, 0) is 25.7 Å². The smallest absolute Gasteiger partial charge is 0.0814 e. The fourth-order valence-corrected chi connectivity index (χ4v) is 6.96. The molecule has 0 amide bonds. The molecule has 0 aliphatic carbocycles. The molecule has 1 saturated heterocycles. The fraction of sp³-hybridized carbons (Fsp3) is 1.00. The Labute approximate surface area is 284 Å². The summed E-state index contributed by atoms with van der Waals surface area (Å²) in [5.74, 6) is 0. The topological polar surface area (TPSA) is 27.7 Å². The normalized spacial score (nSPS) is 16.7. The van der Waals surface area contributed by atoms with E-state index in [0.29, 0.717) is 0 Å². The Kier molecular flexibility index (Phi) is 35.0. The zero-order valence-corrected chi connectivity index (χ0v) is 31.2. The first-order valence-corrected chi connectivity index (χ1v) is 21.2. The summed E-state index contributed by atoms with van der Waals surface area (Å²) in [4.78, 5) is 0. The second kappa shape index (κ2) is 36.7. The molecule has 0 radical (unpaired) electrons. The molecule has 0 saturated carbocycles. The van der Waals surface area contributed by atoms with Crippen molar-refractivity contribution in [2.45, 2.75) is 244 Å². The van der Waals surface area contributed by atoms with Crippen molar-refractivity contribution in [1.29, 1.82) is 0 Å². The molecule has 1 rings (SSSR count). The maximum Gasteiger partial charge on any atom is 0.0814 e. The van der Waals surface area contributed by atoms with E-state index >= 15 is 0 Å². The molecule has 1 heterocycles. The van der Waals surface area contributed by atoms with Crippen LogP contribution >= 0.6 is 0 Å². The summed E-state index contributed by atoms with van der Waals surface area (Å²) in [6.45, 7) is 7.95. The molecule has 270 valence electrons. The first-order valence-electron chi connectivity index (χ1n) is 21.2. The highest BCUT2D eigenvalue weighted by Gasteiger charge is 2.25. The van der Waals surface area contributed by atoms with E-state index in [4.69, 9.17) is 14.2 Å². The summed E-state index contributed by atoms with van der Waals surface area (Å²) in [6.07, 6.45) is 48.1. The molecular weight excluding hydrogens is 552 g/mol. The molecule has 45 heavy (non-hydrogen) atoms. The van der Waals surface area contributed by atoms with Gasteiger partial charge in [0.05, 0.1) is 25.4 Å². The highest BCUT2D eigenvalue weighted by atomic mass is 16.6. The van der Waals surface area contributed by atoms with Crippen LogP contribution in [0.5, 0.6) is 0 Å². The van der Waals surface area contributed by atoms with Crippen molar-refractivity contribution in [2.24, 2.45) is 0 Å². The Morgan fingerprint density at radius 1 is 0.333 bits per heavy atom. The molecule has 0 aromatic rings. The molecule has 0 aromatic carbocycles. The first-order chi connectivity index (χ1) is 22.4. The number of hydrogen-bond acceptors (Lipinski definition) is 3. The van der Waals surface area contributed by atoms with Gasteiger partial charge in [-0.2, -0.15) is 0 Å². The van der Waals surface area contributed by atoms with E-state index in [1.54, 1.807) is 0 Å². The second-order valence-electron chi connectivity index (χ2n) is 14.7. The third-order valence-electron chi connectivity index (χ3n) is 10.1. The third-order valence-corrected chi connectivity index (χ3v) is 10.1. The Bertz CT molecular complexity index is 492. The molecule has 1 aliphatic heterocycles. The minimum atomic E-state index is 0.287. The van der Waals surface area contributed by atoms with Gasteiger partial charge < -0.3 is 14.2 Å². The Hall–Kier alpha value is -0.120. The van der Waals surface area contributed by atoms with Crippen LogP contribution in [0, 0.1) is 0 Å². The second-order valence-corrected chi connectivity index (χ2v) is 14.7. The largest absolute Gasteiger partial charge is 0.379 e. The average molecular weight is 637 g/mol. The summed E-state index contributed by atoms with van der Waals surface area (Å²) >= 11 is 0. The van der Waals surface area contributed by atoms with Gasteiger partial charge in [0.25, 0.3) is 0 Å². The van der Waals surface area contributed by atoms with E-state index < -0.39 is 0 Å². The van der Waals surface area contributed by atoms with Gasteiger partial charge in [-0.3, -0.25) is 0 Å². The van der Waals surface area contributed by atoms with Crippen LogP contribution in [-0.4, -0.2) is 38.6 Å². The van der Waals surface area contributed by atoms with Gasteiger partial charge in [-0.25, -0.2) is 0 Å². The fourth-order valence-electron chi connectivity index (χ4n) is 6.96. The van der Waals surface area contributed by atoms with Crippen LogP contribution in [0.2, 0.25) is 0 Å². The summed E-state index contributed by atoms with van der Waals surface area (Å²) < 4.78 is 18.1. The quantitative estimate of drug-likeness (QED) is 0.0631. The monoisotopic (exact) mass is 637 g/mol. The number of hydrogen-bond donors (Lipinski definition) is 0. The summed E-state index contributed by atoms with van der Waals surface area (Å²) in [5, 5.41) is 0. The van der Waals surface area contributed by atoms with Gasteiger partial charge in [-0.15, -0.1) is 0 Å². The van der Waals surface area contributed by atoms with Crippen LogP contribution < -0.4 is 0 Å². The molecule has 0 N–H and O–H groups in total. The van der Waals surface area contributed by atoms with Gasteiger partial charge in [-0.1, -0.05) is 206 Å². The molecule has 3 nitrogen and oxygen atoms in total. The molecule has 1 fully saturated rings. The highest BCUT2D eigenvalue weighted by molar-refractivity contribution is 4.73. The van der Waals surface area contributed by atoms with Crippen molar-refractivity contribution < 1.29 is 14.2 Å². The summed E-state index contributed by atoms with van der Waals surface area (Å²) in [7, 11) is 0. The SMILES string of the molecule is CCCCCCCCCCCCCCCCCCOCC1CCC(COCCCCCCCCCCCCCCCCCC)O1. The standard InChI is InChI=1S/C42H84O3/c1-3-5-7-9-11-13-15-17-19-21-23-25-27-29-31-33-37-43-39-41-35-36-42(45-41)40-44-38-34-32-30-28-26-24-22-20-18-16-14-12-10-8-6-4-2/h41-42H,3-40H2,1-2H3. The van der Waals surface area contributed by atoms with E-state index in [-0.39, 0.29) is 12.2 Å². The van der Waals surface area contributed by atoms with Crippen molar-refractivity contribution >= 4 is 0 Å². The summed E-state index contributed by atoms with van der Waals surface area (Å²) in [5.41, 5.74) is 0. The van der Waals surface area contributed by atoms with E-state index in [0.717, 1.165) is 39.3 Å². The molecule has 0 bridgehead atoms. The average Bonchev–Trinajstić information content (AvgIpc) is 3.51. The van der Waals surface area contributed by atoms with Crippen LogP contribution in [0.15, 0.2) is 0 Å². The Balaban J connectivity index is 1.71. The van der Waals surface area contributed by atoms with Gasteiger partial charge in [0.15, 0.2) is 0 Å². The lowest BCUT2D eigenvalue weighted by atomic mass is 10.0. The van der Waals surface area contributed by atoms with Crippen molar-refractivity contribution in [3.63, 3.8) is 0 Å². The van der Waals surface area contributed by atoms with Gasteiger partial charge in [0.1, 0.15) is 0 Å². The maximum absolute atomic E-state index is 6.18. The molecular formula is C42H84O3. The van der Waals surface area contributed by atoms with Gasteiger partial charge >= 0.3 is 0 Å². The maximum atomic E-state index is 6.18. The number of unbranched alkanes of at least 4 members (excludes halogenated alkanes) is 30. The van der Waals surface area contributed by atoms with Crippen LogP contribution in [0.1, 0.15) is 232 Å². The lowest BCUT2D eigenvalue weighted by molar-refractivity contribution is -0.0460. The van der Waals surface area contributed by atoms with E-state index in [9.17, 15) is 0 Å². The van der Waals surface area contributed by atoms with Crippen molar-refractivity contribution in [2.75, 3.05) is 26.4 Å². The van der Waals surface area contributed by atoms with E-state index in [1.165, 1.54) is 205 Å². The van der Waals surface area contributed by atoms with Crippen LogP contribution in [0.4, 0.5) is 0 Å². The van der Waals surface area contributed by atoms with Crippen LogP contribution in [-0.2, 0) is 14.2 Å². The highest BCUT2D eigenvalue weighted by Crippen LogP contribution is 2.21. The Morgan fingerprint density at radius 2 is 0.556 bits per heavy atom. The van der Waals surface area contributed by atoms with Crippen LogP contribution in [0.25, 0.3) is 0 Å². The van der Waals surface area contributed by atoms with Crippen molar-refractivity contribution in [1.82, 2.24) is 0 Å². The zero-order valence-electron chi connectivity index (χ0n) is 31.2. The number of ether oxygens (including phenoxy) is 3. The van der Waals surface area contributed by atoms with E-state index in [2.05, 4.69) is 13.8 Å². The zero-order chi connectivity index (χ0) is 32.1. The van der Waals surface area contributed by atoms with E-state index in [1.807, 2.05) is 0 Å². The minimum absolute atomic E-state index is 0.287. The van der Waals surface area contributed by atoms with Crippen LogP contribution in [0.3, 0.4) is 0 Å². The number of rotatable bonds is 38. The molecule has 2 unspecified atom stereocenters. The minimum Gasteiger partial charge on any atom is -0.379 e. The van der Waals surface area contributed by atoms with Crippen molar-refractivity contribution in [3.8, 4) is 0 Å². The summed E-state index contributed by atoms with van der Waals surface area (Å²) in [6, 6.07) is 0. The Morgan fingerprint density at radius 3 is 0.800 bits per heavy atom. The predicted octanol–water partition coefficient (Wildman–Crippen LogP) is 14.1. The van der Waals surface area contributed by atoms with Crippen molar-refractivity contribution in [3.05, 3.63) is 0 Å². The molecule has 1 aliphatic rings. The molecule has 0 spiro atoms. The third kappa shape index (κ3) is 32.2. The first kappa shape index (κ1) is 42.9. The lowest BCUT2D eigenvalue weighted by Crippen LogP contribution is -2.20. The molecule has 3 heteroatoms. The van der Waals surface area contributed by atoms with Gasteiger partial charge in [0, 0.05) is 13.2 Å². The predicted molar refractivity (Wildman–Crippen MR) is 199 cm³/mol. The molecule has 2 atom stereocenters. The molecule has 0 aromatic heterocycles. The lowest BCUT2D eigenvalue weighted by Gasteiger charge is -2.14. The van der Waals surface area contributed by atoms with Gasteiger partial charge in [0.2, 0.25) is 0 Å².